The Morgan fingerprint density at radius 1 is 1.19 bits per heavy atom. The number of hydrogen-bond donors (Lipinski definition) is 1. The van der Waals surface area contributed by atoms with Crippen molar-refractivity contribution in [3.63, 3.8) is 0 Å². The molecule has 0 amide bonds. The summed E-state index contributed by atoms with van der Waals surface area (Å²) in [7, 11) is 0. The summed E-state index contributed by atoms with van der Waals surface area (Å²) in [5.74, 6) is 0.312. The summed E-state index contributed by atoms with van der Waals surface area (Å²) < 4.78 is 15.8. The van der Waals surface area contributed by atoms with Crippen molar-refractivity contribution >= 4 is 10.8 Å². The largest absolute Gasteiger partial charge is 0.380 e. The van der Waals surface area contributed by atoms with Gasteiger partial charge in [-0.05, 0) is 23.4 Å². The SMILES string of the molecule is CCCn1ccnc1C(O)c1ccc(F)c2ccccc12. The first-order valence-electron chi connectivity index (χ1n) is 7.08. The van der Waals surface area contributed by atoms with Crippen molar-refractivity contribution in [3.8, 4) is 0 Å². The van der Waals surface area contributed by atoms with Crippen LogP contribution in [0.3, 0.4) is 0 Å². The summed E-state index contributed by atoms with van der Waals surface area (Å²) in [4.78, 5) is 4.26. The van der Waals surface area contributed by atoms with Crippen molar-refractivity contribution in [2.45, 2.75) is 26.0 Å². The van der Waals surface area contributed by atoms with Gasteiger partial charge < -0.3 is 9.67 Å². The van der Waals surface area contributed by atoms with E-state index >= 15 is 0 Å². The molecule has 3 rings (SSSR count). The highest BCUT2D eigenvalue weighted by molar-refractivity contribution is 5.86. The predicted octanol–water partition coefficient (Wildman–Crippen LogP) is 3.67. The van der Waals surface area contributed by atoms with Gasteiger partial charge in [-0.15, -0.1) is 0 Å². The van der Waals surface area contributed by atoms with Gasteiger partial charge in [0, 0.05) is 24.3 Å². The molecule has 4 heteroatoms. The zero-order valence-electron chi connectivity index (χ0n) is 11.8. The number of aliphatic hydroxyl groups is 1. The van der Waals surface area contributed by atoms with E-state index in [-0.39, 0.29) is 5.82 Å². The number of aliphatic hydroxyl groups excluding tert-OH is 1. The maximum absolute atomic E-state index is 13.9. The molecule has 0 bridgehead atoms. The monoisotopic (exact) mass is 284 g/mol. The van der Waals surface area contributed by atoms with Gasteiger partial charge in [0.1, 0.15) is 17.7 Å². The van der Waals surface area contributed by atoms with Crippen molar-refractivity contribution in [1.29, 1.82) is 0 Å². The molecule has 108 valence electrons. The van der Waals surface area contributed by atoms with Gasteiger partial charge in [-0.25, -0.2) is 9.37 Å². The molecular formula is C17H17FN2O. The van der Waals surface area contributed by atoms with Crippen molar-refractivity contribution in [2.24, 2.45) is 0 Å². The number of nitrogens with zero attached hydrogens (tertiary/aromatic N) is 2. The third-order valence-corrected chi connectivity index (χ3v) is 3.66. The van der Waals surface area contributed by atoms with E-state index < -0.39 is 6.10 Å². The highest BCUT2D eigenvalue weighted by Gasteiger charge is 2.19. The molecule has 0 aliphatic carbocycles. The van der Waals surface area contributed by atoms with Crippen molar-refractivity contribution < 1.29 is 9.50 Å². The Morgan fingerprint density at radius 2 is 1.95 bits per heavy atom. The van der Waals surface area contributed by atoms with Crippen LogP contribution in [-0.2, 0) is 6.54 Å². The van der Waals surface area contributed by atoms with Crippen LogP contribution in [-0.4, -0.2) is 14.7 Å². The van der Waals surface area contributed by atoms with Crippen LogP contribution in [0.15, 0.2) is 48.8 Å². The second-order valence-electron chi connectivity index (χ2n) is 5.06. The van der Waals surface area contributed by atoms with E-state index in [4.69, 9.17) is 0 Å². The molecular weight excluding hydrogens is 267 g/mol. The molecule has 21 heavy (non-hydrogen) atoms. The Morgan fingerprint density at radius 3 is 2.71 bits per heavy atom. The average Bonchev–Trinajstić information content (AvgIpc) is 2.96. The first-order chi connectivity index (χ1) is 10.2. The molecule has 3 nitrogen and oxygen atoms in total. The summed E-state index contributed by atoms with van der Waals surface area (Å²) in [6, 6.07) is 10.2. The fourth-order valence-corrected chi connectivity index (χ4v) is 2.66. The van der Waals surface area contributed by atoms with Crippen molar-refractivity contribution in [1.82, 2.24) is 9.55 Å². The van der Waals surface area contributed by atoms with Gasteiger partial charge in [-0.2, -0.15) is 0 Å². The fourth-order valence-electron chi connectivity index (χ4n) is 2.66. The Labute approximate surface area is 122 Å². The summed E-state index contributed by atoms with van der Waals surface area (Å²) in [6.07, 6.45) is 3.63. The molecule has 1 aromatic heterocycles. The van der Waals surface area contributed by atoms with Crippen molar-refractivity contribution in [2.75, 3.05) is 0 Å². The van der Waals surface area contributed by atoms with Crippen LogP contribution < -0.4 is 0 Å². The third kappa shape index (κ3) is 2.43. The number of imidazole rings is 1. The third-order valence-electron chi connectivity index (χ3n) is 3.66. The Kier molecular flexibility index (Phi) is 3.71. The molecule has 0 aliphatic heterocycles. The lowest BCUT2D eigenvalue weighted by atomic mass is 9.99. The lowest BCUT2D eigenvalue weighted by Crippen LogP contribution is -2.10. The molecule has 1 heterocycles. The standard InChI is InChI=1S/C17H17FN2O/c1-2-10-20-11-9-19-17(20)16(21)14-7-8-15(18)13-6-4-3-5-12(13)14/h3-9,11,16,21H,2,10H2,1H3. The summed E-state index contributed by atoms with van der Waals surface area (Å²) in [6.45, 7) is 2.87. The first kappa shape index (κ1) is 13.8. The van der Waals surface area contributed by atoms with Gasteiger partial charge in [0.05, 0.1) is 0 Å². The maximum Gasteiger partial charge on any atom is 0.142 e. The van der Waals surface area contributed by atoms with E-state index in [1.54, 1.807) is 24.4 Å². The molecule has 0 fully saturated rings. The molecule has 0 saturated heterocycles. The number of rotatable bonds is 4. The molecule has 3 aromatic rings. The first-order valence-corrected chi connectivity index (χ1v) is 7.08. The number of fused-ring (bicyclic) bond motifs is 1. The molecule has 0 spiro atoms. The lowest BCUT2D eigenvalue weighted by molar-refractivity contribution is 0.205. The molecule has 0 aliphatic rings. The molecule has 2 aromatic carbocycles. The van der Waals surface area contributed by atoms with Gasteiger partial charge in [0.2, 0.25) is 0 Å². The molecule has 0 saturated carbocycles. The molecule has 1 unspecified atom stereocenters. The van der Waals surface area contributed by atoms with Gasteiger partial charge >= 0.3 is 0 Å². The van der Waals surface area contributed by atoms with Crippen LogP contribution in [0.5, 0.6) is 0 Å². The van der Waals surface area contributed by atoms with Crippen LogP contribution >= 0.6 is 0 Å². The number of benzene rings is 2. The Balaban J connectivity index is 2.12. The van der Waals surface area contributed by atoms with E-state index in [0.29, 0.717) is 16.8 Å². The van der Waals surface area contributed by atoms with E-state index in [2.05, 4.69) is 11.9 Å². The highest BCUT2D eigenvalue weighted by Crippen LogP contribution is 2.29. The quantitative estimate of drug-likeness (QED) is 0.794. The second kappa shape index (κ2) is 5.66. The lowest BCUT2D eigenvalue weighted by Gasteiger charge is -2.15. The van der Waals surface area contributed by atoms with Crippen LogP contribution in [0, 0.1) is 5.82 Å². The minimum absolute atomic E-state index is 0.279. The number of halogens is 1. The summed E-state index contributed by atoms with van der Waals surface area (Å²) in [5, 5.41) is 11.9. The van der Waals surface area contributed by atoms with E-state index in [0.717, 1.165) is 18.4 Å². The average molecular weight is 284 g/mol. The minimum Gasteiger partial charge on any atom is -0.380 e. The van der Waals surface area contributed by atoms with Crippen LogP contribution in [0.4, 0.5) is 4.39 Å². The molecule has 1 atom stereocenters. The zero-order valence-corrected chi connectivity index (χ0v) is 11.8. The normalized spacial score (nSPS) is 12.7. The van der Waals surface area contributed by atoms with Crippen LogP contribution in [0.1, 0.15) is 30.8 Å². The van der Waals surface area contributed by atoms with E-state index in [9.17, 15) is 9.50 Å². The van der Waals surface area contributed by atoms with Crippen LogP contribution in [0.2, 0.25) is 0 Å². The minimum atomic E-state index is -0.864. The fraction of sp³-hybridized carbons (Fsp3) is 0.235. The smallest absolute Gasteiger partial charge is 0.142 e. The topological polar surface area (TPSA) is 38.0 Å². The van der Waals surface area contributed by atoms with Gasteiger partial charge in [0.25, 0.3) is 0 Å². The van der Waals surface area contributed by atoms with Gasteiger partial charge in [-0.3, -0.25) is 0 Å². The van der Waals surface area contributed by atoms with Gasteiger partial charge in [-0.1, -0.05) is 37.3 Å². The Hall–Kier alpha value is -2.20. The van der Waals surface area contributed by atoms with Crippen LogP contribution in [0.25, 0.3) is 10.8 Å². The Bertz CT molecular complexity index is 766. The maximum atomic E-state index is 13.9. The van der Waals surface area contributed by atoms with E-state index in [1.165, 1.54) is 6.07 Å². The second-order valence-corrected chi connectivity index (χ2v) is 5.06. The molecule has 0 radical (unpaired) electrons. The summed E-state index contributed by atoms with van der Waals surface area (Å²) in [5.41, 5.74) is 0.676. The number of hydrogen-bond acceptors (Lipinski definition) is 2. The molecule has 1 N–H and O–H groups in total. The predicted molar refractivity (Wildman–Crippen MR) is 80.5 cm³/mol. The van der Waals surface area contributed by atoms with Crippen molar-refractivity contribution in [3.05, 3.63) is 66.0 Å². The van der Waals surface area contributed by atoms with E-state index in [1.807, 2.05) is 22.9 Å². The number of aromatic nitrogens is 2. The summed E-state index contributed by atoms with van der Waals surface area (Å²) >= 11 is 0. The van der Waals surface area contributed by atoms with Gasteiger partial charge in [0.15, 0.2) is 0 Å². The highest BCUT2D eigenvalue weighted by atomic mass is 19.1. The zero-order chi connectivity index (χ0) is 14.8. The number of aryl methyl sites for hydroxylation is 1.